The van der Waals surface area contributed by atoms with Crippen molar-refractivity contribution in [1.29, 1.82) is 0 Å². The number of amides is 1. The summed E-state index contributed by atoms with van der Waals surface area (Å²) in [5.74, 6) is -0.0278. The summed E-state index contributed by atoms with van der Waals surface area (Å²) in [5.41, 5.74) is 4.48. The molecule has 2 aromatic rings. The van der Waals surface area contributed by atoms with E-state index >= 15 is 0 Å². The van der Waals surface area contributed by atoms with Crippen molar-refractivity contribution in [2.24, 2.45) is 0 Å². The van der Waals surface area contributed by atoms with Gasteiger partial charge in [-0.25, -0.2) is 0 Å². The molecule has 0 aromatic heterocycles. The lowest BCUT2D eigenvalue weighted by Gasteiger charge is -2.19. The van der Waals surface area contributed by atoms with Gasteiger partial charge in [0.25, 0.3) is 5.91 Å². The van der Waals surface area contributed by atoms with Crippen molar-refractivity contribution in [1.82, 2.24) is 5.32 Å². The van der Waals surface area contributed by atoms with E-state index in [2.05, 4.69) is 57.3 Å². The third-order valence-corrected chi connectivity index (χ3v) is 3.90. The zero-order valence-electron chi connectivity index (χ0n) is 13.9. The predicted octanol–water partition coefficient (Wildman–Crippen LogP) is 4.48. The van der Waals surface area contributed by atoms with Gasteiger partial charge in [-0.1, -0.05) is 64.1 Å². The first-order chi connectivity index (χ1) is 10.4. The molecule has 2 rings (SSSR count). The molecule has 0 aliphatic heterocycles. The van der Waals surface area contributed by atoms with Crippen LogP contribution in [0, 0.1) is 0 Å². The fraction of sp³-hybridized carbons (Fsp3) is 0.350. The number of hydrogen-bond donors (Lipinski definition) is 1. The molecule has 0 unspecified atom stereocenters. The Kier molecular flexibility index (Phi) is 5.02. The minimum atomic E-state index is -0.0278. The maximum atomic E-state index is 12.2. The van der Waals surface area contributed by atoms with Crippen molar-refractivity contribution < 1.29 is 4.79 Å². The van der Waals surface area contributed by atoms with Gasteiger partial charge in [-0.15, -0.1) is 0 Å². The molecule has 0 radical (unpaired) electrons. The first-order valence-corrected chi connectivity index (χ1v) is 7.86. The van der Waals surface area contributed by atoms with Crippen LogP contribution >= 0.6 is 0 Å². The van der Waals surface area contributed by atoms with E-state index in [0.29, 0.717) is 12.1 Å². The summed E-state index contributed by atoms with van der Waals surface area (Å²) in [6.45, 7) is 9.20. The summed E-state index contributed by atoms with van der Waals surface area (Å²) in [6, 6.07) is 16.2. The summed E-state index contributed by atoms with van der Waals surface area (Å²) in [6.07, 6.45) is 1.03. The Bertz CT molecular complexity index is 618. The number of benzene rings is 2. The lowest BCUT2D eigenvalue weighted by molar-refractivity contribution is 0.0951. The van der Waals surface area contributed by atoms with Crippen LogP contribution in [0.5, 0.6) is 0 Å². The van der Waals surface area contributed by atoms with Crippen molar-refractivity contribution >= 4 is 5.91 Å². The highest BCUT2D eigenvalue weighted by Gasteiger charge is 2.14. The summed E-state index contributed by atoms with van der Waals surface area (Å²) in [7, 11) is 0. The van der Waals surface area contributed by atoms with Gasteiger partial charge in [-0.2, -0.15) is 0 Å². The van der Waals surface area contributed by atoms with E-state index < -0.39 is 0 Å². The van der Waals surface area contributed by atoms with Gasteiger partial charge >= 0.3 is 0 Å². The van der Waals surface area contributed by atoms with Gasteiger partial charge in [0, 0.05) is 12.1 Å². The number of aryl methyl sites for hydroxylation is 1. The Hall–Kier alpha value is -2.09. The van der Waals surface area contributed by atoms with Crippen molar-refractivity contribution in [3.8, 4) is 0 Å². The lowest BCUT2D eigenvalue weighted by Crippen LogP contribution is -2.23. The standard InChI is InChI=1S/C20H25NO/c1-5-15-6-8-16(9-7-15)14-21-19(22)17-10-12-18(13-11-17)20(2,3)4/h6-13H,5,14H2,1-4H3,(H,21,22). The van der Waals surface area contributed by atoms with Gasteiger partial charge in [0.15, 0.2) is 0 Å². The van der Waals surface area contributed by atoms with Gasteiger partial charge in [0.2, 0.25) is 0 Å². The molecular formula is C20H25NO. The van der Waals surface area contributed by atoms with Gasteiger partial charge in [-0.05, 0) is 40.7 Å². The molecule has 2 aromatic carbocycles. The van der Waals surface area contributed by atoms with Crippen LogP contribution in [0.1, 0.15) is 54.7 Å². The molecule has 0 spiro atoms. The highest BCUT2D eigenvalue weighted by atomic mass is 16.1. The molecule has 0 saturated carbocycles. The molecule has 0 saturated heterocycles. The van der Waals surface area contributed by atoms with E-state index in [9.17, 15) is 4.79 Å². The highest BCUT2D eigenvalue weighted by molar-refractivity contribution is 5.94. The summed E-state index contributed by atoms with van der Waals surface area (Å²) < 4.78 is 0. The van der Waals surface area contributed by atoms with E-state index in [1.54, 1.807) is 0 Å². The minimum absolute atomic E-state index is 0.0278. The first-order valence-electron chi connectivity index (χ1n) is 7.86. The van der Waals surface area contributed by atoms with Crippen LogP contribution in [0.25, 0.3) is 0 Å². The smallest absolute Gasteiger partial charge is 0.251 e. The van der Waals surface area contributed by atoms with Gasteiger partial charge in [-0.3, -0.25) is 4.79 Å². The SMILES string of the molecule is CCc1ccc(CNC(=O)c2ccc(C(C)(C)C)cc2)cc1. The number of rotatable bonds is 4. The zero-order valence-corrected chi connectivity index (χ0v) is 13.9. The number of hydrogen-bond acceptors (Lipinski definition) is 1. The Morgan fingerprint density at radius 2 is 1.45 bits per heavy atom. The molecular weight excluding hydrogens is 270 g/mol. The third-order valence-electron chi connectivity index (χ3n) is 3.90. The van der Waals surface area contributed by atoms with E-state index in [-0.39, 0.29) is 11.3 Å². The Morgan fingerprint density at radius 3 is 1.95 bits per heavy atom. The topological polar surface area (TPSA) is 29.1 Å². The molecule has 1 amide bonds. The lowest BCUT2D eigenvalue weighted by atomic mass is 9.87. The molecule has 1 N–H and O–H groups in total. The van der Waals surface area contributed by atoms with Crippen LogP contribution in [0.2, 0.25) is 0 Å². The van der Waals surface area contributed by atoms with E-state index in [1.165, 1.54) is 11.1 Å². The van der Waals surface area contributed by atoms with Crippen LogP contribution in [-0.2, 0) is 18.4 Å². The molecule has 2 nitrogen and oxygen atoms in total. The van der Waals surface area contributed by atoms with Crippen molar-refractivity contribution in [3.63, 3.8) is 0 Å². The molecule has 116 valence electrons. The monoisotopic (exact) mass is 295 g/mol. The fourth-order valence-corrected chi connectivity index (χ4v) is 2.30. The largest absolute Gasteiger partial charge is 0.348 e. The average Bonchev–Trinajstić information content (AvgIpc) is 2.52. The second-order valence-corrected chi connectivity index (χ2v) is 6.68. The molecule has 0 aliphatic rings. The van der Waals surface area contributed by atoms with Crippen molar-refractivity contribution in [3.05, 3.63) is 70.8 Å². The quantitative estimate of drug-likeness (QED) is 0.885. The number of nitrogens with one attached hydrogen (secondary N) is 1. The van der Waals surface area contributed by atoms with Crippen LogP contribution < -0.4 is 5.32 Å². The molecule has 22 heavy (non-hydrogen) atoms. The van der Waals surface area contributed by atoms with Crippen LogP contribution in [0.3, 0.4) is 0 Å². The normalized spacial score (nSPS) is 11.3. The molecule has 0 heterocycles. The Morgan fingerprint density at radius 1 is 0.909 bits per heavy atom. The maximum Gasteiger partial charge on any atom is 0.251 e. The van der Waals surface area contributed by atoms with Crippen LogP contribution in [-0.4, -0.2) is 5.91 Å². The van der Waals surface area contributed by atoms with E-state index in [1.807, 2.05) is 24.3 Å². The van der Waals surface area contributed by atoms with Gasteiger partial charge < -0.3 is 5.32 Å². The van der Waals surface area contributed by atoms with Crippen LogP contribution in [0.15, 0.2) is 48.5 Å². The molecule has 0 aliphatic carbocycles. The first kappa shape index (κ1) is 16.3. The van der Waals surface area contributed by atoms with E-state index in [4.69, 9.17) is 0 Å². The number of carbonyl (C=O) groups is 1. The second kappa shape index (κ2) is 6.78. The highest BCUT2D eigenvalue weighted by Crippen LogP contribution is 2.22. The summed E-state index contributed by atoms with van der Waals surface area (Å²) in [5, 5.41) is 2.97. The fourth-order valence-electron chi connectivity index (χ4n) is 2.30. The van der Waals surface area contributed by atoms with Crippen LogP contribution in [0.4, 0.5) is 0 Å². The van der Waals surface area contributed by atoms with E-state index in [0.717, 1.165) is 12.0 Å². The molecule has 2 heteroatoms. The molecule has 0 fully saturated rings. The Labute approximate surface area is 133 Å². The predicted molar refractivity (Wildman–Crippen MR) is 92.1 cm³/mol. The maximum absolute atomic E-state index is 12.2. The minimum Gasteiger partial charge on any atom is -0.348 e. The molecule has 0 atom stereocenters. The van der Waals surface area contributed by atoms with Gasteiger partial charge in [0.1, 0.15) is 0 Å². The summed E-state index contributed by atoms with van der Waals surface area (Å²) >= 11 is 0. The number of carbonyl (C=O) groups excluding carboxylic acids is 1. The zero-order chi connectivity index (χ0) is 16.2. The van der Waals surface area contributed by atoms with Gasteiger partial charge in [0.05, 0.1) is 0 Å². The average molecular weight is 295 g/mol. The van der Waals surface area contributed by atoms with Crippen molar-refractivity contribution in [2.45, 2.75) is 46.1 Å². The second-order valence-electron chi connectivity index (χ2n) is 6.68. The van der Waals surface area contributed by atoms with Crippen molar-refractivity contribution in [2.75, 3.05) is 0 Å². The molecule has 0 bridgehead atoms. The Balaban J connectivity index is 1.97. The third kappa shape index (κ3) is 4.20. The summed E-state index contributed by atoms with van der Waals surface area (Å²) in [4.78, 5) is 12.2.